The van der Waals surface area contributed by atoms with Crippen LogP contribution in [0.25, 0.3) is 11.2 Å². The van der Waals surface area contributed by atoms with Gasteiger partial charge in [-0.3, -0.25) is 18.7 Å². The fourth-order valence-corrected chi connectivity index (χ4v) is 2.62. The van der Waals surface area contributed by atoms with Gasteiger partial charge in [0.1, 0.15) is 6.54 Å². The molecule has 1 N–H and O–H groups in total. The van der Waals surface area contributed by atoms with Crippen LogP contribution in [0.15, 0.2) is 15.9 Å². The van der Waals surface area contributed by atoms with Crippen LogP contribution in [-0.4, -0.2) is 55.7 Å². The molecule has 9 nitrogen and oxygen atoms in total. The predicted octanol–water partition coefficient (Wildman–Crippen LogP) is -1.11. The highest BCUT2D eigenvalue weighted by atomic mass is 16.2. The normalized spacial score (nSPS) is 11.4. The van der Waals surface area contributed by atoms with Crippen molar-refractivity contribution in [3.8, 4) is 0 Å². The number of nitrogens with one attached hydrogen (secondary N) is 1. The molecule has 2 aromatic rings. The molecule has 1 amide bonds. The van der Waals surface area contributed by atoms with Crippen molar-refractivity contribution in [2.24, 2.45) is 14.1 Å². The first-order chi connectivity index (χ1) is 11.4. The standard InChI is InChI=1S/C15H24N6O3/c1-5-20(6-2)8-7-16-11(22)9-21-10-17-13-12(21)14(23)19(4)15(24)18(13)3/h10H,5-9H2,1-4H3,(H,16,22). The lowest BCUT2D eigenvalue weighted by molar-refractivity contribution is -0.121. The van der Waals surface area contributed by atoms with Crippen LogP contribution in [0.2, 0.25) is 0 Å². The lowest BCUT2D eigenvalue weighted by Gasteiger charge is -2.18. The Kier molecular flexibility index (Phi) is 5.55. The van der Waals surface area contributed by atoms with E-state index in [0.717, 1.165) is 24.2 Å². The molecular weight excluding hydrogens is 312 g/mol. The Morgan fingerprint density at radius 2 is 1.88 bits per heavy atom. The van der Waals surface area contributed by atoms with Crippen LogP contribution >= 0.6 is 0 Å². The van der Waals surface area contributed by atoms with E-state index in [0.29, 0.717) is 6.54 Å². The first-order valence-electron chi connectivity index (χ1n) is 8.00. The van der Waals surface area contributed by atoms with E-state index in [2.05, 4.69) is 29.0 Å². The van der Waals surface area contributed by atoms with E-state index in [1.807, 2.05) is 0 Å². The van der Waals surface area contributed by atoms with Gasteiger partial charge in [-0.2, -0.15) is 0 Å². The number of amides is 1. The third kappa shape index (κ3) is 3.40. The van der Waals surface area contributed by atoms with Gasteiger partial charge >= 0.3 is 5.69 Å². The van der Waals surface area contributed by atoms with E-state index in [4.69, 9.17) is 0 Å². The van der Waals surface area contributed by atoms with Crippen LogP contribution in [0, 0.1) is 0 Å². The fourth-order valence-electron chi connectivity index (χ4n) is 2.62. The van der Waals surface area contributed by atoms with Crippen molar-refractivity contribution in [2.75, 3.05) is 26.2 Å². The zero-order chi connectivity index (χ0) is 17.9. The second kappa shape index (κ2) is 7.43. The molecule has 0 unspecified atom stereocenters. The number of hydrogen-bond donors (Lipinski definition) is 1. The lowest BCUT2D eigenvalue weighted by atomic mass is 10.4. The molecule has 0 aliphatic carbocycles. The second-order valence-electron chi connectivity index (χ2n) is 5.63. The maximum atomic E-state index is 12.3. The first kappa shape index (κ1) is 17.9. The summed E-state index contributed by atoms with van der Waals surface area (Å²) < 4.78 is 3.79. The molecule has 0 aromatic carbocycles. The Bertz CT molecular complexity index is 843. The van der Waals surface area contributed by atoms with Crippen molar-refractivity contribution in [3.05, 3.63) is 27.2 Å². The van der Waals surface area contributed by atoms with E-state index in [-0.39, 0.29) is 23.6 Å². The van der Waals surface area contributed by atoms with Crippen molar-refractivity contribution in [2.45, 2.75) is 20.4 Å². The van der Waals surface area contributed by atoms with Gasteiger partial charge in [0.15, 0.2) is 11.2 Å². The molecule has 2 aromatic heterocycles. The molecule has 24 heavy (non-hydrogen) atoms. The van der Waals surface area contributed by atoms with Gasteiger partial charge in [-0.15, -0.1) is 0 Å². The van der Waals surface area contributed by atoms with Crippen LogP contribution in [0.4, 0.5) is 0 Å². The lowest BCUT2D eigenvalue weighted by Crippen LogP contribution is -2.38. The van der Waals surface area contributed by atoms with Gasteiger partial charge < -0.3 is 14.8 Å². The quantitative estimate of drug-likeness (QED) is 0.692. The van der Waals surface area contributed by atoms with Crippen LogP contribution < -0.4 is 16.6 Å². The smallest absolute Gasteiger partial charge is 0.332 e. The van der Waals surface area contributed by atoms with Crippen molar-refractivity contribution < 1.29 is 4.79 Å². The van der Waals surface area contributed by atoms with E-state index >= 15 is 0 Å². The monoisotopic (exact) mass is 336 g/mol. The van der Waals surface area contributed by atoms with Crippen molar-refractivity contribution in [1.29, 1.82) is 0 Å². The van der Waals surface area contributed by atoms with Crippen LogP contribution in [0.5, 0.6) is 0 Å². The van der Waals surface area contributed by atoms with Gasteiger partial charge in [-0.1, -0.05) is 13.8 Å². The van der Waals surface area contributed by atoms with Crippen LogP contribution in [-0.2, 0) is 25.4 Å². The SMILES string of the molecule is CCN(CC)CCNC(=O)Cn1cnc2c1c(=O)n(C)c(=O)n2C. The summed E-state index contributed by atoms with van der Waals surface area (Å²) in [5.41, 5.74) is -0.375. The molecule has 0 saturated heterocycles. The highest BCUT2D eigenvalue weighted by Crippen LogP contribution is 2.04. The number of rotatable bonds is 7. The molecule has 0 bridgehead atoms. The first-order valence-corrected chi connectivity index (χ1v) is 8.00. The van der Waals surface area contributed by atoms with Gasteiger partial charge in [0.05, 0.1) is 6.33 Å². The third-order valence-corrected chi connectivity index (χ3v) is 4.18. The topological polar surface area (TPSA) is 94.2 Å². The molecule has 0 radical (unpaired) electrons. The van der Waals surface area contributed by atoms with Crippen LogP contribution in [0.3, 0.4) is 0 Å². The summed E-state index contributed by atoms with van der Waals surface area (Å²) in [6.07, 6.45) is 1.41. The van der Waals surface area contributed by atoms with E-state index in [1.165, 1.54) is 22.5 Å². The van der Waals surface area contributed by atoms with Gasteiger partial charge in [0.2, 0.25) is 5.91 Å². The van der Waals surface area contributed by atoms with E-state index < -0.39 is 11.2 Å². The van der Waals surface area contributed by atoms with Gasteiger partial charge in [0, 0.05) is 27.2 Å². The average molecular weight is 336 g/mol. The van der Waals surface area contributed by atoms with Crippen molar-refractivity contribution >= 4 is 17.1 Å². The molecule has 0 spiro atoms. The van der Waals surface area contributed by atoms with Crippen molar-refractivity contribution in [1.82, 2.24) is 28.9 Å². The van der Waals surface area contributed by atoms with Gasteiger partial charge in [-0.05, 0) is 13.1 Å². The van der Waals surface area contributed by atoms with E-state index in [1.54, 1.807) is 7.05 Å². The summed E-state index contributed by atoms with van der Waals surface area (Å²) in [4.78, 5) is 42.6. The fraction of sp³-hybridized carbons (Fsp3) is 0.600. The largest absolute Gasteiger partial charge is 0.353 e. The minimum atomic E-state index is -0.457. The molecule has 9 heteroatoms. The molecular formula is C15H24N6O3. The Balaban J connectivity index is 2.15. The number of carbonyl (C=O) groups excluding carboxylic acids is 1. The highest BCUT2D eigenvalue weighted by Gasteiger charge is 2.15. The number of nitrogens with zero attached hydrogens (tertiary/aromatic N) is 5. The summed E-state index contributed by atoms with van der Waals surface area (Å²) in [6.45, 7) is 7.32. The zero-order valence-corrected chi connectivity index (χ0v) is 14.6. The summed E-state index contributed by atoms with van der Waals surface area (Å²) in [7, 11) is 2.96. The highest BCUT2D eigenvalue weighted by molar-refractivity contribution is 5.78. The minimum Gasteiger partial charge on any atom is -0.353 e. The number of carbonyl (C=O) groups is 1. The summed E-state index contributed by atoms with van der Waals surface area (Å²) in [6, 6.07) is 0. The Labute approximate surface area is 139 Å². The van der Waals surface area contributed by atoms with E-state index in [9.17, 15) is 14.4 Å². The molecule has 0 atom stereocenters. The predicted molar refractivity (Wildman–Crippen MR) is 91.0 cm³/mol. The number of imidazole rings is 1. The molecule has 0 aliphatic rings. The third-order valence-electron chi connectivity index (χ3n) is 4.18. The molecule has 132 valence electrons. The Morgan fingerprint density at radius 1 is 1.21 bits per heavy atom. The summed E-state index contributed by atoms with van der Waals surface area (Å²) in [5, 5.41) is 2.84. The number of hydrogen-bond acceptors (Lipinski definition) is 5. The molecule has 0 aliphatic heterocycles. The summed E-state index contributed by atoms with van der Waals surface area (Å²) >= 11 is 0. The number of aromatic nitrogens is 4. The summed E-state index contributed by atoms with van der Waals surface area (Å²) in [5.74, 6) is -0.197. The molecule has 0 fully saturated rings. The zero-order valence-electron chi connectivity index (χ0n) is 14.6. The van der Waals surface area contributed by atoms with Gasteiger partial charge in [0.25, 0.3) is 5.56 Å². The molecule has 2 rings (SSSR count). The minimum absolute atomic E-state index is 0.0117. The maximum absolute atomic E-state index is 12.3. The number of aryl methyl sites for hydroxylation is 1. The average Bonchev–Trinajstić information content (AvgIpc) is 2.98. The molecule has 2 heterocycles. The van der Waals surface area contributed by atoms with Crippen molar-refractivity contribution in [3.63, 3.8) is 0 Å². The van der Waals surface area contributed by atoms with Crippen LogP contribution in [0.1, 0.15) is 13.8 Å². The molecule has 0 saturated carbocycles. The maximum Gasteiger partial charge on any atom is 0.332 e. The number of likely N-dealkylation sites (N-methyl/N-ethyl adjacent to an activating group) is 1. The second-order valence-corrected chi connectivity index (χ2v) is 5.63. The Hall–Kier alpha value is -2.42. The number of fused-ring (bicyclic) bond motifs is 1. The Morgan fingerprint density at radius 3 is 2.50 bits per heavy atom. The van der Waals surface area contributed by atoms with Gasteiger partial charge in [-0.25, -0.2) is 9.78 Å².